The Labute approximate surface area is 107 Å². The van der Waals surface area contributed by atoms with Crippen molar-refractivity contribution in [3.05, 3.63) is 35.4 Å². The number of ether oxygens (including phenoxy) is 2. The molecule has 1 amide bonds. The minimum atomic E-state index is -0.211. The average Bonchev–Trinajstić information content (AvgIpc) is 2.40. The number of nitrogens with one attached hydrogen (secondary N) is 1. The van der Waals surface area contributed by atoms with Crippen molar-refractivity contribution in [2.75, 3.05) is 19.8 Å². The highest BCUT2D eigenvalue weighted by Crippen LogP contribution is 2.10. The normalized spacial score (nSPS) is 10.3. The van der Waals surface area contributed by atoms with E-state index in [0.717, 1.165) is 11.1 Å². The van der Waals surface area contributed by atoms with E-state index in [2.05, 4.69) is 5.43 Å². The summed E-state index contributed by atoms with van der Waals surface area (Å²) in [5.74, 6) is 4.87. The summed E-state index contributed by atoms with van der Waals surface area (Å²) in [5.41, 5.74) is 4.05. The highest BCUT2D eigenvalue weighted by molar-refractivity contribution is 5.78. The van der Waals surface area contributed by atoms with Crippen LogP contribution in [0.4, 0.5) is 0 Å². The van der Waals surface area contributed by atoms with Gasteiger partial charge in [0.15, 0.2) is 0 Å². The zero-order chi connectivity index (χ0) is 13.2. The van der Waals surface area contributed by atoms with Crippen LogP contribution in [0.3, 0.4) is 0 Å². The van der Waals surface area contributed by atoms with Crippen LogP contribution in [0.1, 0.15) is 18.1 Å². The molecule has 5 heteroatoms. The Morgan fingerprint density at radius 2 is 1.89 bits per heavy atom. The van der Waals surface area contributed by atoms with E-state index < -0.39 is 0 Å². The number of rotatable bonds is 8. The third-order valence-corrected chi connectivity index (χ3v) is 2.46. The molecule has 0 radical (unpaired) electrons. The number of amides is 1. The molecule has 0 aromatic heterocycles. The van der Waals surface area contributed by atoms with E-state index in [-0.39, 0.29) is 12.3 Å². The molecule has 0 aliphatic heterocycles. The number of benzene rings is 1. The Hall–Kier alpha value is -1.43. The molecule has 18 heavy (non-hydrogen) atoms. The number of carbonyl (C=O) groups excluding carboxylic acids is 1. The second-order valence-electron chi connectivity index (χ2n) is 3.76. The Bertz CT molecular complexity index is 369. The van der Waals surface area contributed by atoms with Gasteiger partial charge in [-0.2, -0.15) is 0 Å². The molecule has 100 valence electrons. The second-order valence-corrected chi connectivity index (χ2v) is 3.76. The molecule has 0 saturated heterocycles. The average molecular weight is 252 g/mol. The number of hydrogen-bond donors (Lipinski definition) is 2. The number of hydrazine groups is 1. The zero-order valence-electron chi connectivity index (χ0n) is 10.6. The summed E-state index contributed by atoms with van der Waals surface area (Å²) in [7, 11) is 0. The van der Waals surface area contributed by atoms with Gasteiger partial charge in [-0.25, -0.2) is 5.84 Å². The van der Waals surface area contributed by atoms with Crippen LogP contribution in [-0.2, 0) is 27.3 Å². The zero-order valence-corrected chi connectivity index (χ0v) is 10.6. The van der Waals surface area contributed by atoms with Gasteiger partial charge in [-0.05, 0) is 18.1 Å². The standard InChI is InChI=1S/C13H20N2O3/c1-2-17-7-8-18-10-12-6-4-3-5-11(12)9-13(16)15-14/h3-6H,2,7-10,14H2,1H3,(H,15,16). The van der Waals surface area contributed by atoms with Gasteiger partial charge in [-0.15, -0.1) is 0 Å². The van der Waals surface area contributed by atoms with Crippen molar-refractivity contribution in [1.29, 1.82) is 0 Å². The SMILES string of the molecule is CCOCCOCc1ccccc1CC(=O)NN. The van der Waals surface area contributed by atoms with Crippen molar-refractivity contribution in [2.24, 2.45) is 5.84 Å². The lowest BCUT2D eigenvalue weighted by atomic mass is 10.1. The van der Waals surface area contributed by atoms with Crippen LogP contribution in [0, 0.1) is 0 Å². The monoisotopic (exact) mass is 252 g/mol. The summed E-state index contributed by atoms with van der Waals surface area (Å²) in [6.45, 7) is 4.24. The van der Waals surface area contributed by atoms with Crippen molar-refractivity contribution >= 4 is 5.91 Å². The largest absolute Gasteiger partial charge is 0.379 e. The molecule has 5 nitrogen and oxygen atoms in total. The van der Waals surface area contributed by atoms with Crippen LogP contribution in [0.25, 0.3) is 0 Å². The molecule has 0 aliphatic carbocycles. The second kappa shape index (κ2) is 8.63. The van der Waals surface area contributed by atoms with Crippen LogP contribution in [-0.4, -0.2) is 25.7 Å². The van der Waals surface area contributed by atoms with Gasteiger partial charge in [-0.3, -0.25) is 10.2 Å². The Kier molecular flexibility index (Phi) is 7.01. The molecular weight excluding hydrogens is 232 g/mol. The molecule has 0 saturated carbocycles. The molecule has 1 rings (SSSR count). The molecule has 0 spiro atoms. The molecule has 1 aromatic rings. The predicted molar refractivity (Wildman–Crippen MR) is 68.6 cm³/mol. The summed E-state index contributed by atoms with van der Waals surface area (Å²) < 4.78 is 10.7. The van der Waals surface area contributed by atoms with Gasteiger partial charge in [0, 0.05) is 6.61 Å². The van der Waals surface area contributed by atoms with Crippen molar-refractivity contribution < 1.29 is 14.3 Å². The van der Waals surface area contributed by atoms with Gasteiger partial charge < -0.3 is 9.47 Å². The Morgan fingerprint density at radius 1 is 1.22 bits per heavy atom. The summed E-state index contributed by atoms with van der Waals surface area (Å²) in [6, 6.07) is 7.66. The molecule has 0 fully saturated rings. The topological polar surface area (TPSA) is 73.6 Å². The predicted octanol–water partition coefficient (Wildman–Crippen LogP) is 0.772. The maximum absolute atomic E-state index is 11.3. The summed E-state index contributed by atoms with van der Waals surface area (Å²) in [5, 5.41) is 0. The molecule has 0 heterocycles. The maximum Gasteiger partial charge on any atom is 0.238 e. The first-order valence-electron chi connectivity index (χ1n) is 5.99. The smallest absolute Gasteiger partial charge is 0.238 e. The highest BCUT2D eigenvalue weighted by atomic mass is 16.5. The lowest BCUT2D eigenvalue weighted by Gasteiger charge is -2.09. The fourth-order valence-electron chi connectivity index (χ4n) is 1.54. The number of carbonyl (C=O) groups is 1. The van der Waals surface area contributed by atoms with Gasteiger partial charge >= 0.3 is 0 Å². The van der Waals surface area contributed by atoms with Crippen LogP contribution in [0.2, 0.25) is 0 Å². The van der Waals surface area contributed by atoms with E-state index in [1.165, 1.54) is 0 Å². The van der Waals surface area contributed by atoms with Gasteiger partial charge in [-0.1, -0.05) is 24.3 Å². The van der Waals surface area contributed by atoms with E-state index in [9.17, 15) is 4.79 Å². The lowest BCUT2D eigenvalue weighted by molar-refractivity contribution is -0.120. The van der Waals surface area contributed by atoms with Crippen molar-refractivity contribution in [3.63, 3.8) is 0 Å². The fraction of sp³-hybridized carbons (Fsp3) is 0.462. The number of nitrogens with two attached hydrogens (primary N) is 1. The van der Waals surface area contributed by atoms with E-state index in [0.29, 0.717) is 26.4 Å². The Morgan fingerprint density at radius 3 is 2.56 bits per heavy atom. The molecular formula is C13H20N2O3. The van der Waals surface area contributed by atoms with E-state index in [1.807, 2.05) is 31.2 Å². The van der Waals surface area contributed by atoms with E-state index >= 15 is 0 Å². The molecule has 0 atom stereocenters. The Balaban J connectivity index is 2.46. The first-order chi connectivity index (χ1) is 8.77. The van der Waals surface area contributed by atoms with Gasteiger partial charge in [0.2, 0.25) is 5.91 Å². The minimum Gasteiger partial charge on any atom is -0.379 e. The molecule has 1 aromatic carbocycles. The van der Waals surface area contributed by atoms with Crippen molar-refractivity contribution in [1.82, 2.24) is 5.43 Å². The quantitative estimate of drug-likeness (QED) is 0.310. The third kappa shape index (κ3) is 5.27. The maximum atomic E-state index is 11.3. The molecule has 0 bridgehead atoms. The summed E-state index contributed by atoms with van der Waals surface area (Å²) >= 11 is 0. The fourth-order valence-corrected chi connectivity index (χ4v) is 1.54. The highest BCUT2D eigenvalue weighted by Gasteiger charge is 2.06. The van der Waals surface area contributed by atoms with Crippen LogP contribution in [0.15, 0.2) is 24.3 Å². The number of hydrogen-bond acceptors (Lipinski definition) is 4. The van der Waals surface area contributed by atoms with Gasteiger partial charge in [0.25, 0.3) is 0 Å². The first-order valence-corrected chi connectivity index (χ1v) is 5.99. The molecule has 0 unspecified atom stereocenters. The van der Waals surface area contributed by atoms with Crippen molar-refractivity contribution in [2.45, 2.75) is 20.0 Å². The third-order valence-electron chi connectivity index (χ3n) is 2.46. The lowest BCUT2D eigenvalue weighted by Crippen LogP contribution is -2.31. The van der Waals surface area contributed by atoms with Crippen LogP contribution in [0.5, 0.6) is 0 Å². The van der Waals surface area contributed by atoms with Crippen LogP contribution >= 0.6 is 0 Å². The summed E-state index contributed by atoms with van der Waals surface area (Å²) in [4.78, 5) is 11.3. The van der Waals surface area contributed by atoms with E-state index in [4.69, 9.17) is 15.3 Å². The van der Waals surface area contributed by atoms with Gasteiger partial charge in [0.1, 0.15) is 0 Å². The van der Waals surface area contributed by atoms with Gasteiger partial charge in [0.05, 0.1) is 26.2 Å². The first kappa shape index (κ1) is 14.6. The molecule has 0 aliphatic rings. The summed E-state index contributed by atoms with van der Waals surface area (Å²) in [6.07, 6.45) is 0.265. The van der Waals surface area contributed by atoms with E-state index in [1.54, 1.807) is 0 Å². The minimum absolute atomic E-state index is 0.211. The molecule has 3 N–H and O–H groups in total. The van der Waals surface area contributed by atoms with Crippen LogP contribution < -0.4 is 11.3 Å². The van der Waals surface area contributed by atoms with Crippen molar-refractivity contribution in [3.8, 4) is 0 Å².